The third-order valence-corrected chi connectivity index (χ3v) is 6.96. The van der Waals surface area contributed by atoms with E-state index in [-0.39, 0.29) is 18.2 Å². The molecule has 3 aliphatic heterocycles. The number of benzene rings is 1. The fourth-order valence-corrected chi connectivity index (χ4v) is 5.51. The van der Waals surface area contributed by atoms with Crippen molar-refractivity contribution in [3.8, 4) is 5.75 Å². The van der Waals surface area contributed by atoms with Gasteiger partial charge >= 0.3 is 0 Å². The van der Waals surface area contributed by atoms with E-state index in [1.165, 1.54) is 0 Å². The molecule has 5 nitrogen and oxygen atoms in total. The van der Waals surface area contributed by atoms with Crippen LogP contribution in [0.15, 0.2) is 54.9 Å². The summed E-state index contributed by atoms with van der Waals surface area (Å²) in [5.74, 6) is 1.18. The lowest BCUT2D eigenvalue weighted by atomic mass is 9.72. The number of carbonyl (C=O) groups excluding carboxylic acids is 1. The molecule has 0 spiro atoms. The Labute approximate surface area is 172 Å². The normalized spacial score (nSPS) is 28.1. The molecule has 2 bridgehead atoms. The quantitative estimate of drug-likeness (QED) is 0.796. The van der Waals surface area contributed by atoms with Gasteiger partial charge in [0.15, 0.2) is 0 Å². The molecule has 29 heavy (non-hydrogen) atoms. The number of amides is 1. The third-order valence-electron chi connectivity index (χ3n) is 6.96. The van der Waals surface area contributed by atoms with Crippen LogP contribution in [0, 0.1) is 0 Å². The maximum absolute atomic E-state index is 14.0. The number of hydrogen-bond acceptors (Lipinski definition) is 4. The Morgan fingerprint density at radius 3 is 2.31 bits per heavy atom. The number of fused-ring (bicyclic) bond motifs is 2. The molecular weight excluding hydrogens is 364 g/mol. The number of aromatic nitrogens is 1. The van der Waals surface area contributed by atoms with Crippen molar-refractivity contribution in [3.05, 3.63) is 60.4 Å². The molecule has 1 aromatic heterocycles. The second-order valence-corrected chi connectivity index (χ2v) is 8.55. The Morgan fingerprint density at radius 1 is 1.00 bits per heavy atom. The van der Waals surface area contributed by atoms with Gasteiger partial charge in [0.05, 0.1) is 5.41 Å². The third kappa shape index (κ3) is 3.42. The summed E-state index contributed by atoms with van der Waals surface area (Å²) >= 11 is 0. The maximum atomic E-state index is 14.0. The summed E-state index contributed by atoms with van der Waals surface area (Å²) in [7, 11) is 0. The topological polar surface area (TPSA) is 51.7 Å². The van der Waals surface area contributed by atoms with Gasteiger partial charge in [-0.1, -0.05) is 30.3 Å². The van der Waals surface area contributed by atoms with Gasteiger partial charge in [-0.15, -0.1) is 0 Å². The molecule has 3 fully saturated rings. The maximum Gasteiger partial charge on any atom is 0.233 e. The first kappa shape index (κ1) is 18.6. The van der Waals surface area contributed by atoms with E-state index in [2.05, 4.69) is 22.0 Å². The molecule has 3 aliphatic rings. The Morgan fingerprint density at radius 2 is 1.66 bits per heavy atom. The van der Waals surface area contributed by atoms with Crippen LogP contribution in [0.25, 0.3) is 0 Å². The van der Waals surface area contributed by atoms with Crippen molar-refractivity contribution in [3.63, 3.8) is 0 Å². The molecule has 2 aromatic rings. The van der Waals surface area contributed by atoms with E-state index in [9.17, 15) is 4.79 Å². The average Bonchev–Trinajstić information content (AvgIpc) is 3.05. The van der Waals surface area contributed by atoms with Crippen LogP contribution in [0.2, 0.25) is 0 Å². The highest BCUT2D eigenvalue weighted by molar-refractivity contribution is 5.89. The molecule has 0 radical (unpaired) electrons. The predicted molar refractivity (Wildman–Crippen MR) is 110 cm³/mol. The van der Waals surface area contributed by atoms with Gasteiger partial charge in [-0.25, -0.2) is 0 Å². The van der Waals surface area contributed by atoms with Crippen LogP contribution in [0.4, 0.5) is 0 Å². The Bertz CT molecular complexity index is 822. The van der Waals surface area contributed by atoms with Crippen molar-refractivity contribution in [2.24, 2.45) is 0 Å². The number of hydrogen-bond donors (Lipinski definition) is 0. The molecule has 0 saturated carbocycles. The van der Waals surface area contributed by atoms with Gasteiger partial charge in [0.2, 0.25) is 5.91 Å². The van der Waals surface area contributed by atoms with E-state index in [1.807, 2.05) is 30.3 Å². The van der Waals surface area contributed by atoms with Crippen molar-refractivity contribution in [2.75, 3.05) is 13.2 Å². The molecule has 1 aromatic carbocycles. The van der Waals surface area contributed by atoms with Crippen LogP contribution in [-0.4, -0.2) is 47.2 Å². The minimum Gasteiger partial charge on any atom is -0.490 e. The van der Waals surface area contributed by atoms with E-state index >= 15 is 0 Å². The van der Waals surface area contributed by atoms with Crippen LogP contribution in [-0.2, 0) is 14.9 Å². The SMILES string of the molecule is O=C(N1C2CCC1CC(Oc1ccncc1)C2)C1(c2ccccc2)CCOCC1. The van der Waals surface area contributed by atoms with Gasteiger partial charge < -0.3 is 14.4 Å². The molecular formula is C24H28N2O3. The first-order chi connectivity index (χ1) is 14.3. The van der Waals surface area contributed by atoms with Crippen molar-refractivity contribution in [1.29, 1.82) is 0 Å². The molecule has 4 heterocycles. The van der Waals surface area contributed by atoms with Crippen molar-refractivity contribution >= 4 is 5.91 Å². The highest BCUT2D eigenvalue weighted by atomic mass is 16.5. The number of nitrogens with zero attached hydrogens (tertiary/aromatic N) is 2. The predicted octanol–water partition coefficient (Wildman–Crippen LogP) is 3.73. The number of rotatable bonds is 4. The summed E-state index contributed by atoms with van der Waals surface area (Å²) in [4.78, 5) is 20.3. The van der Waals surface area contributed by atoms with Gasteiger partial charge in [0, 0.05) is 50.5 Å². The number of piperidine rings is 1. The zero-order valence-corrected chi connectivity index (χ0v) is 16.7. The number of carbonyl (C=O) groups is 1. The lowest BCUT2D eigenvalue weighted by Gasteiger charge is -2.46. The van der Waals surface area contributed by atoms with Crippen molar-refractivity contribution < 1.29 is 14.3 Å². The van der Waals surface area contributed by atoms with Crippen LogP contribution in [0.1, 0.15) is 44.1 Å². The van der Waals surface area contributed by atoms with E-state index in [0.29, 0.717) is 19.1 Å². The van der Waals surface area contributed by atoms with Gasteiger partial charge in [-0.2, -0.15) is 0 Å². The average molecular weight is 392 g/mol. The van der Waals surface area contributed by atoms with E-state index < -0.39 is 5.41 Å². The van der Waals surface area contributed by atoms with E-state index in [1.54, 1.807) is 12.4 Å². The number of ether oxygens (including phenoxy) is 2. The summed E-state index contributed by atoms with van der Waals surface area (Å²) in [6.45, 7) is 1.30. The van der Waals surface area contributed by atoms with Gasteiger partial charge in [-0.05, 0) is 43.4 Å². The van der Waals surface area contributed by atoms with Gasteiger partial charge in [-0.3, -0.25) is 9.78 Å². The fraction of sp³-hybridized carbons (Fsp3) is 0.500. The summed E-state index contributed by atoms with van der Waals surface area (Å²) in [5, 5.41) is 0. The van der Waals surface area contributed by atoms with E-state index in [0.717, 1.165) is 49.8 Å². The number of pyridine rings is 1. The second-order valence-electron chi connectivity index (χ2n) is 8.55. The minimum absolute atomic E-state index is 0.168. The Balaban J connectivity index is 1.37. The molecule has 5 heteroatoms. The van der Waals surface area contributed by atoms with Gasteiger partial charge in [0.25, 0.3) is 0 Å². The monoisotopic (exact) mass is 392 g/mol. The lowest BCUT2D eigenvalue weighted by molar-refractivity contribution is -0.147. The highest BCUT2D eigenvalue weighted by Crippen LogP contribution is 2.44. The van der Waals surface area contributed by atoms with Crippen molar-refractivity contribution in [1.82, 2.24) is 9.88 Å². The largest absolute Gasteiger partial charge is 0.490 e. The standard InChI is InChI=1S/C24H28N2O3/c27-23(24(10-14-28-15-11-24)18-4-2-1-3-5-18)26-19-6-7-20(26)17-22(16-19)29-21-8-12-25-13-9-21/h1-5,8-9,12-13,19-20,22H,6-7,10-11,14-17H2. The molecule has 1 amide bonds. The first-order valence-corrected chi connectivity index (χ1v) is 10.8. The molecule has 0 aliphatic carbocycles. The van der Waals surface area contributed by atoms with Crippen LogP contribution in [0.5, 0.6) is 5.75 Å². The molecule has 152 valence electrons. The molecule has 2 atom stereocenters. The lowest BCUT2D eigenvalue weighted by Crippen LogP contribution is -2.57. The zero-order chi connectivity index (χ0) is 19.7. The molecule has 5 rings (SSSR count). The Hall–Kier alpha value is -2.40. The van der Waals surface area contributed by atoms with Crippen molar-refractivity contribution in [2.45, 2.75) is 62.1 Å². The molecule has 0 N–H and O–H groups in total. The molecule has 3 saturated heterocycles. The van der Waals surface area contributed by atoms with Gasteiger partial charge in [0.1, 0.15) is 11.9 Å². The van der Waals surface area contributed by atoms with E-state index in [4.69, 9.17) is 9.47 Å². The molecule has 2 unspecified atom stereocenters. The minimum atomic E-state index is -0.445. The van der Waals surface area contributed by atoms with Crippen LogP contribution in [0.3, 0.4) is 0 Å². The van der Waals surface area contributed by atoms with Crippen LogP contribution >= 0.6 is 0 Å². The summed E-state index contributed by atoms with van der Waals surface area (Å²) < 4.78 is 11.9. The summed E-state index contributed by atoms with van der Waals surface area (Å²) in [6, 6.07) is 14.7. The summed E-state index contributed by atoms with van der Waals surface area (Å²) in [6.07, 6.45) is 9.20. The smallest absolute Gasteiger partial charge is 0.233 e. The summed E-state index contributed by atoms with van der Waals surface area (Å²) in [5.41, 5.74) is 0.696. The fourth-order valence-electron chi connectivity index (χ4n) is 5.51. The Kier molecular flexibility index (Phi) is 5.00. The zero-order valence-electron chi connectivity index (χ0n) is 16.7. The highest BCUT2D eigenvalue weighted by Gasteiger charge is 2.51. The second kappa shape index (κ2) is 7.79. The van der Waals surface area contributed by atoms with Crippen LogP contribution < -0.4 is 4.74 Å². The first-order valence-electron chi connectivity index (χ1n) is 10.8.